The van der Waals surface area contributed by atoms with E-state index in [0.29, 0.717) is 19.8 Å². The van der Waals surface area contributed by atoms with E-state index in [1.165, 1.54) is 144 Å². The van der Waals surface area contributed by atoms with Crippen molar-refractivity contribution in [3.63, 3.8) is 0 Å². The molecular weight excluding hydrogens is 709 g/mol. The number of rotatable bonds is 24. The van der Waals surface area contributed by atoms with Gasteiger partial charge in [0.15, 0.2) is 34.5 Å². The largest absolute Gasteiger partial charge is 0.493 e. The van der Waals surface area contributed by atoms with E-state index < -0.39 is 0 Å². The molecule has 3 aliphatic carbocycles. The van der Waals surface area contributed by atoms with Gasteiger partial charge in [-0.25, -0.2) is 0 Å². The first kappa shape index (κ1) is 40.9. The summed E-state index contributed by atoms with van der Waals surface area (Å²) in [6.45, 7) is 8.84. The molecule has 57 heavy (non-hydrogen) atoms. The Morgan fingerprint density at radius 2 is 0.632 bits per heavy atom. The zero-order chi connectivity index (χ0) is 39.7. The van der Waals surface area contributed by atoms with Gasteiger partial charge in [0.25, 0.3) is 0 Å². The molecule has 6 heteroatoms. The molecule has 306 valence electrons. The third-order valence-corrected chi connectivity index (χ3v) is 12.4. The van der Waals surface area contributed by atoms with Crippen LogP contribution in [0.5, 0.6) is 34.5 Å². The summed E-state index contributed by atoms with van der Waals surface area (Å²) in [5, 5.41) is 0. The van der Waals surface area contributed by atoms with Gasteiger partial charge in [-0.1, -0.05) is 97.8 Å². The molecule has 0 atom stereocenters. The Hall–Kier alpha value is -4.32. The lowest BCUT2D eigenvalue weighted by Gasteiger charge is -2.18. The molecule has 0 heterocycles. The van der Waals surface area contributed by atoms with Crippen LogP contribution in [0.4, 0.5) is 0 Å². The number of unbranched alkanes of at least 4 members (excludes halogenated alkanes) is 12. The van der Waals surface area contributed by atoms with Gasteiger partial charge < -0.3 is 28.4 Å². The number of fused-ring (bicyclic) bond motifs is 12. The standard InChI is InChI=1S/C51H66O6/c1-7-10-13-16-19-22-55-46-31-37-34(28-43(46)52-4)25-40-49(37)41-26-35-29-44(53-5)47(56-23-20-17-14-11-8-2)32-38(35)51(41)42-27-36-30-45(54-6)48(33-39(36)50(40)42)57-24-21-18-15-12-9-3/h28-33H,7-27H2,1-6H3. The molecule has 0 spiro atoms. The van der Waals surface area contributed by atoms with E-state index in [1.54, 1.807) is 21.3 Å². The molecule has 0 amide bonds. The second-order valence-electron chi connectivity index (χ2n) is 16.4. The van der Waals surface area contributed by atoms with Crippen molar-refractivity contribution in [2.24, 2.45) is 0 Å². The fourth-order valence-electron chi connectivity index (χ4n) is 9.42. The third-order valence-electron chi connectivity index (χ3n) is 12.4. The van der Waals surface area contributed by atoms with E-state index in [1.807, 2.05) is 0 Å². The highest BCUT2D eigenvalue weighted by atomic mass is 16.5. The van der Waals surface area contributed by atoms with Crippen molar-refractivity contribution in [2.75, 3.05) is 41.2 Å². The molecule has 0 N–H and O–H groups in total. The quantitative estimate of drug-likeness (QED) is 0.0570. The van der Waals surface area contributed by atoms with Crippen molar-refractivity contribution in [1.82, 2.24) is 0 Å². The lowest BCUT2D eigenvalue weighted by molar-refractivity contribution is 0.285. The highest BCUT2D eigenvalue weighted by Gasteiger charge is 2.39. The van der Waals surface area contributed by atoms with Crippen molar-refractivity contribution >= 4 is 0 Å². The molecule has 0 unspecified atom stereocenters. The first-order valence-electron chi connectivity index (χ1n) is 22.3. The molecular formula is C51H66O6. The van der Waals surface area contributed by atoms with Crippen LogP contribution in [0.1, 0.15) is 150 Å². The summed E-state index contributed by atoms with van der Waals surface area (Å²) in [6.07, 6.45) is 20.5. The lowest BCUT2D eigenvalue weighted by Crippen LogP contribution is -2.01. The first-order chi connectivity index (χ1) is 28.0. The van der Waals surface area contributed by atoms with E-state index in [9.17, 15) is 0 Å². The van der Waals surface area contributed by atoms with Gasteiger partial charge in [-0.15, -0.1) is 0 Å². The van der Waals surface area contributed by atoms with Gasteiger partial charge in [0.05, 0.1) is 41.2 Å². The first-order valence-corrected chi connectivity index (χ1v) is 22.3. The van der Waals surface area contributed by atoms with E-state index in [2.05, 4.69) is 57.2 Å². The maximum atomic E-state index is 6.51. The Morgan fingerprint density at radius 1 is 0.351 bits per heavy atom. The molecule has 6 nitrogen and oxygen atoms in total. The maximum absolute atomic E-state index is 6.51. The van der Waals surface area contributed by atoms with Gasteiger partial charge in [-0.05, 0) is 142 Å². The van der Waals surface area contributed by atoms with Gasteiger partial charge in [0.2, 0.25) is 0 Å². The number of benzene rings is 4. The Morgan fingerprint density at radius 3 is 0.895 bits per heavy atom. The molecule has 7 rings (SSSR count). The molecule has 4 aromatic carbocycles. The van der Waals surface area contributed by atoms with Crippen LogP contribution in [-0.2, 0) is 19.3 Å². The maximum Gasteiger partial charge on any atom is 0.161 e. The van der Waals surface area contributed by atoms with Crippen molar-refractivity contribution in [1.29, 1.82) is 0 Å². The average molecular weight is 775 g/mol. The van der Waals surface area contributed by atoms with Crippen molar-refractivity contribution in [3.8, 4) is 67.9 Å². The van der Waals surface area contributed by atoms with Crippen LogP contribution in [0.3, 0.4) is 0 Å². The number of ether oxygens (including phenoxy) is 6. The predicted molar refractivity (Wildman–Crippen MR) is 234 cm³/mol. The molecule has 0 aliphatic heterocycles. The number of hydrogen-bond donors (Lipinski definition) is 0. The number of hydrogen-bond acceptors (Lipinski definition) is 6. The summed E-state index contributed by atoms with van der Waals surface area (Å²) in [5.41, 5.74) is 15.9. The minimum absolute atomic E-state index is 0.692. The fourth-order valence-corrected chi connectivity index (χ4v) is 9.42. The summed E-state index contributed by atoms with van der Waals surface area (Å²) < 4.78 is 37.5. The zero-order valence-corrected chi connectivity index (χ0v) is 35.8. The van der Waals surface area contributed by atoms with Crippen molar-refractivity contribution in [3.05, 3.63) is 69.8 Å². The topological polar surface area (TPSA) is 55.4 Å². The number of methoxy groups -OCH3 is 3. The van der Waals surface area contributed by atoms with Crippen molar-refractivity contribution in [2.45, 2.75) is 136 Å². The van der Waals surface area contributed by atoms with E-state index >= 15 is 0 Å². The van der Waals surface area contributed by atoms with Gasteiger partial charge in [0, 0.05) is 0 Å². The summed E-state index contributed by atoms with van der Waals surface area (Å²) >= 11 is 0. The van der Waals surface area contributed by atoms with Crippen LogP contribution in [0, 0.1) is 0 Å². The minimum atomic E-state index is 0.692. The van der Waals surface area contributed by atoms with Crippen LogP contribution in [0.25, 0.3) is 33.4 Å². The molecule has 3 aliphatic rings. The van der Waals surface area contributed by atoms with Crippen molar-refractivity contribution < 1.29 is 28.4 Å². The Labute approximate surface area is 342 Å². The Bertz CT molecular complexity index is 1760. The fraction of sp³-hybridized carbons (Fsp3) is 0.529. The second-order valence-corrected chi connectivity index (χ2v) is 16.4. The van der Waals surface area contributed by atoms with Crippen LogP contribution < -0.4 is 28.4 Å². The Kier molecular flexibility index (Phi) is 13.9. The molecule has 4 aromatic rings. The molecule has 0 saturated carbocycles. The van der Waals surface area contributed by atoms with E-state index in [0.717, 1.165) is 73.0 Å². The monoisotopic (exact) mass is 774 g/mol. The minimum Gasteiger partial charge on any atom is -0.493 e. The van der Waals surface area contributed by atoms with Gasteiger partial charge in [-0.2, -0.15) is 0 Å². The summed E-state index contributed by atoms with van der Waals surface area (Å²) in [4.78, 5) is 0. The van der Waals surface area contributed by atoms with E-state index in [4.69, 9.17) is 28.4 Å². The molecule has 0 bridgehead atoms. The highest BCUT2D eigenvalue weighted by Crippen LogP contribution is 2.59. The summed E-state index contributed by atoms with van der Waals surface area (Å²) in [7, 11) is 5.28. The predicted octanol–water partition coefficient (Wildman–Crippen LogP) is 13.5. The summed E-state index contributed by atoms with van der Waals surface area (Å²) in [5.74, 6) is 4.94. The molecule has 0 saturated heterocycles. The molecule has 0 radical (unpaired) electrons. The smallest absolute Gasteiger partial charge is 0.161 e. The van der Waals surface area contributed by atoms with E-state index in [-0.39, 0.29) is 0 Å². The molecule has 0 aromatic heterocycles. The zero-order valence-electron chi connectivity index (χ0n) is 35.8. The normalized spacial score (nSPS) is 12.7. The third kappa shape index (κ3) is 8.61. The highest BCUT2D eigenvalue weighted by molar-refractivity contribution is 6.01. The van der Waals surface area contributed by atoms with Crippen LogP contribution in [0.15, 0.2) is 36.4 Å². The van der Waals surface area contributed by atoms with Crippen LogP contribution in [0.2, 0.25) is 0 Å². The SMILES string of the molecule is CCCCCCCOc1cc2c(cc1OC)Cc1c-2c2c(c3c1-c1cc(OCCCCCCC)c(OC)cc1C3)-c1cc(OCCCCCCC)c(OC)cc1C2. The molecule has 0 fully saturated rings. The average Bonchev–Trinajstić information content (AvgIpc) is 3.91. The Balaban J connectivity index is 1.31. The van der Waals surface area contributed by atoms with Crippen LogP contribution >= 0.6 is 0 Å². The summed E-state index contributed by atoms with van der Waals surface area (Å²) in [6, 6.07) is 13.5. The van der Waals surface area contributed by atoms with Gasteiger partial charge in [0.1, 0.15) is 0 Å². The second kappa shape index (κ2) is 19.4. The van der Waals surface area contributed by atoms with Gasteiger partial charge >= 0.3 is 0 Å². The lowest BCUT2D eigenvalue weighted by atomic mass is 9.86. The van der Waals surface area contributed by atoms with Gasteiger partial charge in [-0.3, -0.25) is 0 Å². The van der Waals surface area contributed by atoms with Crippen LogP contribution in [-0.4, -0.2) is 41.2 Å².